The van der Waals surface area contributed by atoms with Crippen molar-refractivity contribution < 1.29 is 88.2 Å². The van der Waals surface area contributed by atoms with Gasteiger partial charge >= 0.3 is 32.1 Å². The van der Waals surface area contributed by atoms with Crippen molar-refractivity contribution in [1.29, 1.82) is 0 Å². The van der Waals surface area contributed by atoms with E-state index in [-0.39, 0.29) is 21.1 Å². The molecule has 0 N–H and O–H groups in total. The van der Waals surface area contributed by atoms with Crippen LogP contribution in [-0.2, 0) is 83.3 Å². The molecule has 0 bridgehead atoms. The van der Waals surface area contributed by atoms with E-state index in [1.54, 1.807) is 0 Å². The summed E-state index contributed by atoms with van der Waals surface area (Å²) in [4.78, 5) is 40.0. The summed E-state index contributed by atoms with van der Waals surface area (Å²) in [5, 5.41) is 0. The molecule has 0 spiro atoms. The van der Waals surface area contributed by atoms with Crippen LogP contribution in [0.1, 0.15) is 0 Å². The number of hydrogen-bond donors (Lipinski definition) is 0. The molecule has 9 nitrogen and oxygen atoms in total. The van der Waals surface area contributed by atoms with Gasteiger partial charge in [-0.3, -0.25) is 0 Å². The predicted octanol–water partition coefficient (Wildman–Crippen LogP) is 0.704. The van der Waals surface area contributed by atoms with Crippen molar-refractivity contribution in [3.8, 4) is 0 Å². The van der Waals surface area contributed by atoms with Gasteiger partial charge in [-0.25, -0.2) is 0 Å². The summed E-state index contributed by atoms with van der Waals surface area (Å²) in [6.07, 6.45) is 0. The molecule has 0 aromatic carbocycles. The third-order valence-corrected chi connectivity index (χ3v) is 1.13. The Morgan fingerprint density at radius 1 is 0.440 bits per heavy atom. The van der Waals surface area contributed by atoms with E-state index in [1.165, 1.54) is 0 Å². The van der Waals surface area contributed by atoms with Gasteiger partial charge in [0.1, 0.15) is 33.9 Å². The van der Waals surface area contributed by atoms with Gasteiger partial charge in [0, 0.05) is 21.4 Å². The zero-order valence-electron chi connectivity index (χ0n) is 11.7. The van der Waals surface area contributed by atoms with Crippen molar-refractivity contribution in [3.63, 3.8) is 0 Å². The molecule has 0 saturated heterocycles. The second-order valence-corrected chi connectivity index (χ2v) is 3.23. The van der Waals surface area contributed by atoms with Gasteiger partial charge in [0.15, 0.2) is 0 Å². The van der Waals surface area contributed by atoms with Crippen LogP contribution in [-0.4, -0.2) is 45.0 Å². The Balaban J connectivity index is -0.0000000250. The monoisotopic (exact) mass is 600 g/mol. The van der Waals surface area contributed by atoms with Crippen LogP contribution in [0.3, 0.4) is 0 Å². The number of rotatable bonds is 0. The van der Waals surface area contributed by atoms with Crippen LogP contribution in [0.25, 0.3) is 0 Å². The van der Waals surface area contributed by atoms with Gasteiger partial charge in [-0.15, -0.1) is 0 Å². The molecule has 0 unspecified atom stereocenters. The molecule has 0 heterocycles. The Morgan fingerprint density at radius 3 is 0.480 bits per heavy atom. The minimum Gasteiger partial charge on any atom is -0.416 e. The van der Waals surface area contributed by atoms with E-state index < -0.39 is 32.4 Å². The molecule has 0 aliphatic heterocycles. The van der Waals surface area contributed by atoms with Crippen molar-refractivity contribution in [2.24, 2.45) is 0 Å². The number of halogens is 6. The van der Waals surface area contributed by atoms with Crippen LogP contribution < -0.4 is 0 Å². The average Bonchev–Trinajstić information content (AvgIpc) is 2.56. The number of carbonyl (C=O) groups is 5. The van der Waals surface area contributed by atoms with E-state index in [2.05, 4.69) is 0 Å². The third kappa shape index (κ3) is 85.7. The van der Waals surface area contributed by atoms with E-state index >= 15 is 0 Å². The Bertz CT molecular complexity index is 337. The molecular formula is C7H10F6O9S2W. The molecule has 0 radical (unpaired) electrons. The molecule has 0 amide bonds. The average molecular weight is 600 g/mol. The van der Waals surface area contributed by atoms with Crippen molar-refractivity contribution in [2.45, 2.75) is 11.0 Å². The van der Waals surface area contributed by atoms with Crippen LogP contribution in [0.2, 0.25) is 0 Å². The smallest absolute Gasteiger partial charge is 0.416 e. The molecule has 0 aromatic rings. The molecule has 0 rings (SSSR count). The molecule has 18 heteroatoms. The first-order valence-electron chi connectivity index (χ1n) is 3.65. The third-order valence-electron chi connectivity index (χ3n) is 0.378. The zero-order chi connectivity index (χ0) is 22.2. The van der Waals surface area contributed by atoms with Crippen LogP contribution in [0, 0.1) is 0 Å². The summed E-state index contributed by atoms with van der Waals surface area (Å²) in [5.41, 5.74) is -10.2. The normalized spacial score (nSPS) is 7.84. The fourth-order valence-corrected chi connectivity index (χ4v) is 0. The number of hydrogen-bond acceptors (Lipinski definition) is 11. The Hall–Kier alpha value is -1.48. The Morgan fingerprint density at radius 2 is 0.480 bits per heavy atom. The van der Waals surface area contributed by atoms with E-state index in [9.17, 15) is 26.3 Å². The van der Waals surface area contributed by atoms with Crippen LogP contribution in [0.15, 0.2) is 0 Å². The topological polar surface area (TPSA) is 154 Å². The van der Waals surface area contributed by atoms with Gasteiger partial charge in [0.25, 0.3) is 0 Å². The Kier molecular flexibility index (Phi) is 75.7. The first kappa shape index (κ1) is 49.5. The summed E-state index contributed by atoms with van der Waals surface area (Å²) in [7, 11) is -7.87. The Labute approximate surface area is 154 Å². The fourth-order valence-electron chi connectivity index (χ4n) is 0. The second kappa shape index (κ2) is 38.2. The predicted molar refractivity (Wildman–Crippen MR) is 65.2 cm³/mol. The summed E-state index contributed by atoms with van der Waals surface area (Å²) in [6.45, 7) is 10.0. The van der Waals surface area contributed by atoms with Crippen molar-refractivity contribution >= 4 is 55.4 Å². The van der Waals surface area contributed by atoms with Crippen molar-refractivity contribution in [2.75, 3.05) is 0 Å². The fraction of sp³-hybridized carbons (Fsp3) is 0.286. The zero-order valence-corrected chi connectivity index (χ0v) is 16.3. The summed E-state index contributed by atoms with van der Waals surface area (Å²) >= 11 is 0. The van der Waals surface area contributed by atoms with Crippen LogP contribution in [0.5, 0.6) is 0 Å². The first-order valence-corrected chi connectivity index (χ1v) is 5.80. The first-order chi connectivity index (χ1) is 10.9. The largest absolute Gasteiger partial charge is 2.00 e. The van der Waals surface area contributed by atoms with Gasteiger partial charge in [-0.2, -0.15) is 26.3 Å². The maximum Gasteiger partial charge on any atom is 2.00 e. The SMILES string of the molecule is C=O.C=O.C=O.C=O.C=O.O=[S-](=O)C(F)(F)F.O=[S-](=O)C(F)(F)F.[W+2]. The number of carbonyl (C=O) groups excluding carboxylic acids is 5. The van der Waals surface area contributed by atoms with Gasteiger partial charge < -0.3 is 40.8 Å². The standard InChI is InChI=1S/2CF3O2S.5CH2O.W/c2*2-1(3,4)7(5)6;5*1-2;/h;;5*1H2;/q2*-1;;;;;;+2. The molecular weight excluding hydrogens is 590 g/mol. The van der Waals surface area contributed by atoms with Gasteiger partial charge in [-0.05, 0) is 0 Å². The van der Waals surface area contributed by atoms with Gasteiger partial charge in [-0.1, -0.05) is 0 Å². The second-order valence-electron chi connectivity index (χ2n) is 1.36. The molecule has 0 aliphatic carbocycles. The molecule has 0 aromatic heterocycles. The van der Waals surface area contributed by atoms with Crippen molar-refractivity contribution in [3.05, 3.63) is 0 Å². The van der Waals surface area contributed by atoms with Crippen LogP contribution >= 0.6 is 0 Å². The molecule has 0 aliphatic rings. The number of alkyl halides is 6. The molecule has 0 saturated carbocycles. The maximum atomic E-state index is 10.6. The minimum atomic E-state index is -5.08. The molecule has 152 valence electrons. The minimum absolute atomic E-state index is 0. The van der Waals surface area contributed by atoms with Gasteiger partial charge in [0.05, 0.1) is 0 Å². The van der Waals surface area contributed by atoms with E-state index in [0.29, 0.717) is 0 Å². The van der Waals surface area contributed by atoms with E-state index in [1.807, 2.05) is 33.9 Å². The summed E-state index contributed by atoms with van der Waals surface area (Å²) < 4.78 is 99.0. The molecule has 0 atom stereocenters. The summed E-state index contributed by atoms with van der Waals surface area (Å²) in [6, 6.07) is 0. The van der Waals surface area contributed by atoms with E-state index in [4.69, 9.17) is 40.8 Å². The maximum absolute atomic E-state index is 10.6. The van der Waals surface area contributed by atoms with Crippen molar-refractivity contribution in [1.82, 2.24) is 0 Å². The van der Waals surface area contributed by atoms with E-state index in [0.717, 1.165) is 0 Å². The molecule has 25 heavy (non-hydrogen) atoms. The quantitative estimate of drug-likeness (QED) is 0.289. The van der Waals surface area contributed by atoms with Gasteiger partial charge in [0.2, 0.25) is 0 Å². The van der Waals surface area contributed by atoms with Crippen LogP contribution in [0.4, 0.5) is 26.3 Å². The molecule has 0 fully saturated rings. The summed E-state index contributed by atoms with van der Waals surface area (Å²) in [5.74, 6) is 0.